The third-order valence-corrected chi connectivity index (χ3v) is 2.23. The molecule has 0 saturated carbocycles. The van der Waals surface area contributed by atoms with Crippen LogP contribution in [-0.2, 0) is 18.3 Å². The minimum absolute atomic E-state index is 0.387. The molecule has 1 heterocycles. The van der Waals surface area contributed by atoms with Crippen LogP contribution in [-0.4, -0.2) is 40.7 Å². The van der Waals surface area contributed by atoms with Gasteiger partial charge in [-0.15, -0.1) is 0 Å². The Kier molecular flexibility index (Phi) is 6.18. The van der Waals surface area contributed by atoms with Crippen LogP contribution < -0.4 is 5.32 Å². The summed E-state index contributed by atoms with van der Waals surface area (Å²) in [4.78, 5) is 0. The summed E-state index contributed by atoms with van der Waals surface area (Å²) in [5.74, 6) is 0.505. The molecule has 17 heavy (non-hydrogen) atoms. The van der Waals surface area contributed by atoms with E-state index in [1.54, 1.807) is 4.68 Å². The van der Waals surface area contributed by atoms with E-state index in [0.717, 1.165) is 12.1 Å². The van der Waals surface area contributed by atoms with Crippen molar-refractivity contribution < 1.29 is 9.84 Å². The van der Waals surface area contributed by atoms with Gasteiger partial charge in [0.05, 0.1) is 18.9 Å². The maximum Gasteiger partial charge on any atom is 0.0897 e. The van der Waals surface area contributed by atoms with Gasteiger partial charge in [-0.05, 0) is 5.92 Å². The molecule has 1 rings (SSSR count). The lowest BCUT2D eigenvalue weighted by atomic mass is 10.2. The first kappa shape index (κ1) is 14.2. The van der Waals surface area contributed by atoms with E-state index < -0.39 is 6.10 Å². The molecule has 0 spiro atoms. The van der Waals surface area contributed by atoms with Gasteiger partial charge in [0, 0.05) is 38.5 Å². The number of hydrogen-bond donors (Lipinski definition) is 2. The van der Waals surface area contributed by atoms with Gasteiger partial charge >= 0.3 is 0 Å². The van der Waals surface area contributed by atoms with Gasteiger partial charge in [0.25, 0.3) is 0 Å². The predicted octanol–water partition coefficient (Wildman–Crippen LogP) is 0.543. The maximum absolute atomic E-state index is 9.64. The molecule has 1 atom stereocenters. The Morgan fingerprint density at radius 3 is 2.82 bits per heavy atom. The fraction of sp³-hybridized carbons (Fsp3) is 0.750. The molecule has 0 aromatic carbocycles. The molecule has 0 fully saturated rings. The van der Waals surface area contributed by atoms with Crippen LogP contribution in [0.1, 0.15) is 19.4 Å². The van der Waals surface area contributed by atoms with Gasteiger partial charge in [-0.25, -0.2) is 0 Å². The summed E-state index contributed by atoms with van der Waals surface area (Å²) in [5.41, 5.74) is 1.11. The standard InChI is InChI=1S/C12H23N3O2/c1-10(2)8-17-9-12(16)6-13-4-11-5-14-15(3)7-11/h5,7,10,12-13,16H,4,6,8-9H2,1-3H3. The highest BCUT2D eigenvalue weighted by atomic mass is 16.5. The third kappa shape index (κ3) is 6.41. The quantitative estimate of drug-likeness (QED) is 0.697. The largest absolute Gasteiger partial charge is 0.389 e. The number of aromatic nitrogens is 2. The van der Waals surface area contributed by atoms with Crippen molar-refractivity contribution in [2.45, 2.75) is 26.5 Å². The highest BCUT2D eigenvalue weighted by Gasteiger charge is 2.05. The molecule has 5 nitrogen and oxygen atoms in total. The van der Waals surface area contributed by atoms with Crippen molar-refractivity contribution >= 4 is 0 Å². The minimum Gasteiger partial charge on any atom is -0.389 e. The Morgan fingerprint density at radius 1 is 1.47 bits per heavy atom. The number of rotatable bonds is 8. The van der Waals surface area contributed by atoms with Crippen LogP contribution in [0.5, 0.6) is 0 Å². The zero-order chi connectivity index (χ0) is 12.7. The zero-order valence-electron chi connectivity index (χ0n) is 10.9. The summed E-state index contributed by atoms with van der Waals surface area (Å²) in [5, 5.41) is 16.9. The van der Waals surface area contributed by atoms with Crippen molar-refractivity contribution in [2.75, 3.05) is 19.8 Å². The molecule has 0 bridgehead atoms. The van der Waals surface area contributed by atoms with Gasteiger partial charge in [0.15, 0.2) is 0 Å². The molecular weight excluding hydrogens is 218 g/mol. The number of aryl methyl sites for hydroxylation is 1. The number of hydrogen-bond acceptors (Lipinski definition) is 4. The molecule has 5 heteroatoms. The van der Waals surface area contributed by atoms with Crippen molar-refractivity contribution in [3.8, 4) is 0 Å². The van der Waals surface area contributed by atoms with Gasteiger partial charge in [0.2, 0.25) is 0 Å². The zero-order valence-corrected chi connectivity index (χ0v) is 10.9. The number of ether oxygens (including phenoxy) is 1. The van der Waals surface area contributed by atoms with Crippen molar-refractivity contribution in [3.05, 3.63) is 18.0 Å². The summed E-state index contributed by atoms with van der Waals surface area (Å²) >= 11 is 0. The maximum atomic E-state index is 9.64. The Bertz CT molecular complexity index is 312. The topological polar surface area (TPSA) is 59.3 Å². The van der Waals surface area contributed by atoms with Gasteiger partial charge in [-0.2, -0.15) is 5.10 Å². The van der Waals surface area contributed by atoms with Crippen molar-refractivity contribution in [2.24, 2.45) is 13.0 Å². The second-order valence-electron chi connectivity index (χ2n) is 4.74. The number of aliphatic hydroxyl groups is 1. The second-order valence-corrected chi connectivity index (χ2v) is 4.74. The molecule has 1 aromatic rings. The predicted molar refractivity (Wildman–Crippen MR) is 66.6 cm³/mol. The Morgan fingerprint density at radius 2 is 2.24 bits per heavy atom. The SMILES string of the molecule is CC(C)COCC(O)CNCc1cnn(C)c1. The normalized spacial score (nSPS) is 13.2. The monoisotopic (exact) mass is 241 g/mol. The molecule has 0 radical (unpaired) electrons. The highest BCUT2D eigenvalue weighted by molar-refractivity contribution is 5.02. The van der Waals surface area contributed by atoms with Crippen LogP contribution >= 0.6 is 0 Å². The first-order chi connectivity index (χ1) is 8.08. The van der Waals surface area contributed by atoms with Gasteiger partial charge < -0.3 is 15.2 Å². The van der Waals surface area contributed by atoms with Crippen molar-refractivity contribution in [1.82, 2.24) is 15.1 Å². The Balaban J connectivity index is 2.05. The average molecular weight is 241 g/mol. The lowest BCUT2D eigenvalue weighted by molar-refractivity contribution is 0.0260. The molecule has 0 aliphatic carbocycles. The van der Waals surface area contributed by atoms with E-state index in [0.29, 0.717) is 25.7 Å². The molecule has 98 valence electrons. The lowest BCUT2D eigenvalue weighted by Gasteiger charge is -2.13. The first-order valence-corrected chi connectivity index (χ1v) is 6.02. The highest BCUT2D eigenvalue weighted by Crippen LogP contribution is 1.96. The van der Waals surface area contributed by atoms with E-state index in [4.69, 9.17) is 4.74 Å². The Labute approximate surface area is 103 Å². The van der Waals surface area contributed by atoms with E-state index in [9.17, 15) is 5.11 Å². The van der Waals surface area contributed by atoms with Gasteiger partial charge in [-0.3, -0.25) is 4.68 Å². The molecule has 0 amide bonds. The van der Waals surface area contributed by atoms with Gasteiger partial charge in [0.1, 0.15) is 0 Å². The lowest BCUT2D eigenvalue weighted by Crippen LogP contribution is -2.30. The summed E-state index contributed by atoms with van der Waals surface area (Å²) in [6.45, 7) is 6.51. The molecule has 0 aliphatic heterocycles. The molecule has 1 aromatic heterocycles. The number of aliphatic hydroxyl groups excluding tert-OH is 1. The van der Waals surface area contributed by atoms with Gasteiger partial charge in [-0.1, -0.05) is 13.8 Å². The van der Waals surface area contributed by atoms with Crippen LogP contribution in [0, 0.1) is 5.92 Å². The van der Waals surface area contributed by atoms with Crippen molar-refractivity contribution in [1.29, 1.82) is 0 Å². The second kappa shape index (κ2) is 7.42. The summed E-state index contributed by atoms with van der Waals surface area (Å²) in [6, 6.07) is 0. The van der Waals surface area contributed by atoms with Crippen LogP contribution in [0.3, 0.4) is 0 Å². The fourth-order valence-electron chi connectivity index (χ4n) is 1.44. The first-order valence-electron chi connectivity index (χ1n) is 6.02. The van der Waals surface area contributed by atoms with Crippen molar-refractivity contribution in [3.63, 3.8) is 0 Å². The smallest absolute Gasteiger partial charge is 0.0897 e. The summed E-state index contributed by atoms with van der Waals surface area (Å²) < 4.78 is 7.12. The molecule has 0 aliphatic rings. The van der Waals surface area contributed by atoms with E-state index in [1.807, 2.05) is 19.4 Å². The fourth-order valence-corrected chi connectivity index (χ4v) is 1.44. The van der Waals surface area contributed by atoms with Crippen LogP contribution in [0.2, 0.25) is 0 Å². The van der Waals surface area contributed by atoms with E-state index >= 15 is 0 Å². The van der Waals surface area contributed by atoms with Crippen LogP contribution in [0.4, 0.5) is 0 Å². The third-order valence-electron chi connectivity index (χ3n) is 2.23. The number of nitrogens with zero attached hydrogens (tertiary/aromatic N) is 2. The van der Waals surface area contributed by atoms with Crippen LogP contribution in [0.15, 0.2) is 12.4 Å². The van der Waals surface area contributed by atoms with E-state index in [-0.39, 0.29) is 0 Å². The minimum atomic E-state index is -0.453. The number of nitrogens with one attached hydrogen (secondary N) is 1. The molecule has 1 unspecified atom stereocenters. The van der Waals surface area contributed by atoms with Crippen LogP contribution in [0.25, 0.3) is 0 Å². The average Bonchev–Trinajstić information content (AvgIpc) is 2.63. The Hall–Kier alpha value is -0.910. The molecule has 0 saturated heterocycles. The molecule has 2 N–H and O–H groups in total. The van der Waals surface area contributed by atoms with E-state index in [1.165, 1.54) is 0 Å². The molecular formula is C12H23N3O2. The summed E-state index contributed by atoms with van der Waals surface area (Å²) in [7, 11) is 1.89. The summed E-state index contributed by atoms with van der Waals surface area (Å²) in [6.07, 6.45) is 3.31. The van der Waals surface area contributed by atoms with E-state index in [2.05, 4.69) is 24.3 Å².